The van der Waals surface area contributed by atoms with Crippen molar-refractivity contribution < 1.29 is 14.3 Å². The van der Waals surface area contributed by atoms with Crippen LogP contribution in [0.25, 0.3) is 0 Å². The molecule has 162 valence electrons. The number of nitrogens with zero attached hydrogens (tertiary/aromatic N) is 3. The van der Waals surface area contributed by atoms with Gasteiger partial charge in [-0.05, 0) is 24.1 Å². The molecule has 2 fully saturated rings. The molecule has 2 saturated heterocycles. The summed E-state index contributed by atoms with van der Waals surface area (Å²) in [6.45, 7) is 7.41. The molecule has 1 aromatic rings. The molecular formula is C21H33ClN4O3. The summed E-state index contributed by atoms with van der Waals surface area (Å²) in [5.41, 5.74) is 1.15. The number of amides is 2. The third kappa shape index (κ3) is 7.17. The van der Waals surface area contributed by atoms with Crippen LogP contribution in [0.1, 0.15) is 18.4 Å². The number of ether oxygens (including phenoxy) is 1. The number of halogens is 1. The molecule has 1 aromatic carbocycles. The number of aryl methyl sites for hydroxylation is 1. The van der Waals surface area contributed by atoms with Crippen LogP contribution in [0.15, 0.2) is 24.3 Å². The van der Waals surface area contributed by atoms with Crippen molar-refractivity contribution in [3.8, 4) is 5.75 Å². The number of hydrogen-bond acceptors (Lipinski definition) is 5. The lowest BCUT2D eigenvalue weighted by atomic mass is 10.1. The molecule has 0 bridgehead atoms. The van der Waals surface area contributed by atoms with Gasteiger partial charge in [0.15, 0.2) is 0 Å². The van der Waals surface area contributed by atoms with Crippen LogP contribution in [0.3, 0.4) is 0 Å². The van der Waals surface area contributed by atoms with Gasteiger partial charge in [0, 0.05) is 71.7 Å². The number of nitrogens with one attached hydrogen (secondary N) is 1. The molecule has 2 aliphatic heterocycles. The average molecular weight is 425 g/mol. The molecule has 8 heteroatoms. The van der Waals surface area contributed by atoms with Gasteiger partial charge in [-0.1, -0.05) is 12.1 Å². The molecule has 0 saturated carbocycles. The number of hydrogen-bond donors (Lipinski definition) is 1. The van der Waals surface area contributed by atoms with Crippen LogP contribution in [0.4, 0.5) is 0 Å². The lowest BCUT2D eigenvalue weighted by molar-refractivity contribution is -0.134. The Morgan fingerprint density at radius 2 is 1.48 bits per heavy atom. The standard InChI is InChI=1S/C21H32N4O3.ClH/c1-28-19-5-2-18(3-6-19)4-7-20(26)25-16-14-23(15-17-25)11-8-21(27)24-12-9-22-10-13-24;/h2-3,5-6,22H,4,7-17H2,1H3;1H. The number of carbonyl (C=O) groups is 2. The monoisotopic (exact) mass is 424 g/mol. The van der Waals surface area contributed by atoms with Crippen LogP contribution < -0.4 is 10.1 Å². The largest absolute Gasteiger partial charge is 0.497 e. The molecule has 0 atom stereocenters. The number of methoxy groups -OCH3 is 1. The van der Waals surface area contributed by atoms with E-state index < -0.39 is 0 Å². The van der Waals surface area contributed by atoms with Crippen LogP contribution in [-0.4, -0.2) is 92.5 Å². The zero-order chi connectivity index (χ0) is 19.8. The zero-order valence-corrected chi connectivity index (χ0v) is 18.1. The maximum atomic E-state index is 12.5. The second-order valence-corrected chi connectivity index (χ2v) is 7.45. The van der Waals surface area contributed by atoms with Crippen molar-refractivity contribution >= 4 is 24.2 Å². The maximum Gasteiger partial charge on any atom is 0.223 e. The van der Waals surface area contributed by atoms with Crippen molar-refractivity contribution in [1.82, 2.24) is 20.0 Å². The third-order valence-electron chi connectivity index (χ3n) is 5.62. The van der Waals surface area contributed by atoms with Crippen LogP contribution in [0.5, 0.6) is 5.75 Å². The summed E-state index contributed by atoms with van der Waals surface area (Å²) in [5.74, 6) is 1.30. The Bertz CT molecular complexity index is 642. The first-order chi connectivity index (χ1) is 13.7. The van der Waals surface area contributed by atoms with E-state index in [0.717, 1.165) is 76.6 Å². The van der Waals surface area contributed by atoms with Gasteiger partial charge in [0.05, 0.1) is 7.11 Å². The Labute approximate surface area is 179 Å². The predicted octanol–water partition coefficient (Wildman–Crippen LogP) is 1.02. The van der Waals surface area contributed by atoms with E-state index in [1.807, 2.05) is 34.1 Å². The third-order valence-corrected chi connectivity index (χ3v) is 5.62. The lowest BCUT2D eigenvalue weighted by Crippen LogP contribution is -2.50. The van der Waals surface area contributed by atoms with Gasteiger partial charge < -0.3 is 19.9 Å². The predicted molar refractivity (Wildman–Crippen MR) is 116 cm³/mol. The molecule has 0 unspecified atom stereocenters. The first-order valence-electron chi connectivity index (χ1n) is 10.3. The molecule has 29 heavy (non-hydrogen) atoms. The Hall–Kier alpha value is -1.83. The summed E-state index contributed by atoms with van der Waals surface area (Å²) >= 11 is 0. The van der Waals surface area contributed by atoms with Crippen molar-refractivity contribution in [3.63, 3.8) is 0 Å². The van der Waals surface area contributed by atoms with Crippen molar-refractivity contribution in [3.05, 3.63) is 29.8 Å². The van der Waals surface area contributed by atoms with E-state index in [9.17, 15) is 9.59 Å². The fraction of sp³-hybridized carbons (Fsp3) is 0.619. The second kappa shape index (κ2) is 12.0. The Morgan fingerprint density at radius 3 is 2.10 bits per heavy atom. The van der Waals surface area contributed by atoms with E-state index in [-0.39, 0.29) is 24.2 Å². The van der Waals surface area contributed by atoms with Gasteiger partial charge >= 0.3 is 0 Å². The Balaban J connectivity index is 0.00000300. The van der Waals surface area contributed by atoms with E-state index >= 15 is 0 Å². The molecule has 2 amide bonds. The van der Waals surface area contributed by atoms with Crippen molar-refractivity contribution in [2.75, 3.05) is 66.0 Å². The van der Waals surface area contributed by atoms with E-state index in [1.54, 1.807) is 7.11 Å². The van der Waals surface area contributed by atoms with E-state index in [4.69, 9.17) is 4.74 Å². The minimum absolute atomic E-state index is 0. The topological polar surface area (TPSA) is 65.1 Å². The molecule has 0 spiro atoms. The molecule has 0 aromatic heterocycles. The molecule has 2 heterocycles. The second-order valence-electron chi connectivity index (χ2n) is 7.45. The summed E-state index contributed by atoms with van der Waals surface area (Å²) in [6.07, 6.45) is 1.86. The van der Waals surface area contributed by atoms with Gasteiger partial charge in [-0.3, -0.25) is 14.5 Å². The summed E-state index contributed by atoms with van der Waals surface area (Å²) in [6, 6.07) is 7.89. The number of piperazine rings is 2. The molecule has 2 aliphatic rings. The molecular weight excluding hydrogens is 392 g/mol. The minimum Gasteiger partial charge on any atom is -0.497 e. The van der Waals surface area contributed by atoms with Gasteiger partial charge in [0.2, 0.25) is 11.8 Å². The van der Waals surface area contributed by atoms with Gasteiger partial charge in [-0.15, -0.1) is 12.4 Å². The molecule has 7 nitrogen and oxygen atoms in total. The molecule has 3 rings (SSSR count). The van der Waals surface area contributed by atoms with Crippen LogP contribution >= 0.6 is 12.4 Å². The normalized spacial score (nSPS) is 17.6. The molecule has 0 aliphatic carbocycles. The maximum absolute atomic E-state index is 12.5. The van der Waals surface area contributed by atoms with Gasteiger partial charge in [0.1, 0.15) is 5.75 Å². The highest BCUT2D eigenvalue weighted by Gasteiger charge is 2.22. The zero-order valence-electron chi connectivity index (χ0n) is 17.3. The molecule has 0 radical (unpaired) electrons. The highest BCUT2D eigenvalue weighted by atomic mass is 35.5. The minimum atomic E-state index is 0. The van der Waals surface area contributed by atoms with Crippen LogP contribution in [-0.2, 0) is 16.0 Å². The Kier molecular flexibility index (Phi) is 9.70. The fourth-order valence-electron chi connectivity index (χ4n) is 3.75. The van der Waals surface area contributed by atoms with Crippen molar-refractivity contribution in [2.24, 2.45) is 0 Å². The highest BCUT2D eigenvalue weighted by Crippen LogP contribution is 2.14. The van der Waals surface area contributed by atoms with Crippen LogP contribution in [0.2, 0.25) is 0 Å². The number of carbonyl (C=O) groups excluding carboxylic acids is 2. The van der Waals surface area contributed by atoms with E-state index in [1.165, 1.54) is 0 Å². The average Bonchev–Trinajstić information content (AvgIpc) is 2.77. The van der Waals surface area contributed by atoms with Crippen molar-refractivity contribution in [2.45, 2.75) is 19.3 Å². The Morgan fingerprint density at radius 1 is 0.897 bits per heavy atom. The summed E-state index contributed by atoms with van der Waals surface area (Å²) < 4.78 is 5.16. The van der Waals surface area contributed by atoms with E-state index in [2.05, 4.69) is 10.2 Å². The highest BCUT2D eigenvalue weighted by molar-refractivity contribution is 5.85. The smallest absolute Gasteiger partial charge is 0.223 e. The molecule has 1 N–H and O–H groups in total. The summed E-state index contributed by atoms with van der Waals surface area (Å²) in [7, 11) is 1.65. The van der Waals surface area contributed by atoms with Crippen molar-refractivity contribution in [1.29, 1.82) is 0 Å². The summed E-state index contributed by atoms with van der Waals surface area (Å²) in [5, 5.41) is 3.27. The first-order valence-corrected chi connectivity index (χ1v) is 10.3. The number of benzene rings is 1. The SMILES string of the molecule is COc1ccc(CCC(=O)N2CCN(CCC(=O)N3CCNCC3)CC2)cc1.Cl. The number of rotatable bonds is 7. The van der Waals surface area contributed by atoms with E-state index in [0.29, 0.717) is 12.8 Å². The van der Waals surface area contributed by atoms with Gasteiger partial charge in [-0.25, -0.2) is 0 Å². The fourth-order valence-corrected chi connectivity index (χ4v) is 3.75. The van der Waals surface area contributed by atoms with Crippen LogP contribution in [0, 0.1) is 0 Å². The first kappa shape index (κ1) is 23.4. The lowest BCUT2D eigenvalue weighted by Gasteiger charge is -2.35. The van der Waals surface area contributed by atoms with Gasteiger partial charge in [0.25, 0.3) is 0 Å². The quantitative estimate of drug-likeness (QED) is 0.707. The van der Waals surface area contributed by atoms with Gasteiger partial charge in [-0.2, -0.15) is 0 Å². The summed E-state index contributed by atoms with van der Waals surface area (Å²) in [4.78, 5) is 31.0.